The van der Waals surface area contributed by atoms with Crippen molar-refractivity contribution in [3.05, 3.63) is 34.9 Å². The first-order chi connectivity index (χ1) is 8.82. The SMILES string of the molecule is CC(CN1C(=O)c2cc(F)c(F)cc2C1=O)C(N)=S. The second-order valence-electron chi connectivity index (χ2n) is 4.34. The predicted octanol–water partition coefficient (Wildman–Crippen LogP) is 1.48. The molecule has 0 spiro atoms. The zero-order valence-corrected chi connectivity index (χ0v) is 10.8. The van der Waals surface area contributed by atoms with Crippen LogP contribution in [-0.2, 0) is 0 Å². The molecule has 1 aromatic carbocycles. The quantitative estimate of drug-likeness (QED) is 0.674. The number of carbonyl (C=O) groups excluding carboxylic acids is 2. The van der Waals surface area contributed by atoms with Crippen LogP contribution in [-0.4, -0.2) is 28.2 Å². The van der Waals surface area contributed by atoms with E-state index in [1.165, 1.54) is 0 Å². The molecule has 0 fully saturated rings. The van der Waals surface area contributed by atoms with Gasteiger partial charge in [-0.15, -0.1) is 0 Å². The average molecular weight is 284 g/mol. The zero-order valence-electron chi connectivity index (χ0n) is 9.94. The Kier molecular flexibility index (Phi) is 3.32. The van der Waals surface area contributed by atoms with Gasteiger partial charge in [0.1, 0.15) is 0 Å². The molecule has 2 N–H and O–H groups in total. The summed E-state index contributed by atoms with van der Waals surface area (Å²) < 4.78 is 26.2. The van der Waals surface area contributed by atoms with Gasteiger partial charge in [-0.05, 0) is 12.1 Å². The Morgan fingerprint density at radius 2 is 1.68 bits per heavy atom. The summed E-state index contributed by atoms with van der Waals surface area (Å²) in [4.78, 5) is 25.0. The first-order valence-corrected chi connectivity index (χ1v) is 5.88. The molecule has 0 bridgehead atoms. The molecule has 0 aromatic heterocycles. The van der Waals surface area contributed by atoms with Crippen molar-refractivity contribution in [2.45, 2.75) is 6.92 Å². The van der Waals surface area contributed by atoms with E-state index in [2.05, 4.69) is 0 Å². The Morgan fingerprint density at radius 3 is 2.05 bits per heavy atom. The lowest BCUT2D eigenvalue weighted by atomic mass is 10.1. The fourth-order valence-corrected chi connectivity index (χ4v) is 1.89. The van der Waals surface area contributed by atoms with Gasteiger partial charge >= 0.3 is 0 Å². The van der Waals surface area contributed by atoms with Crippen LogP contribution in [0, 0.1) is 17.6 Å². The van der Waals surface area contributed by atoms with Gasteiger partial charge in [0.15, 0.2) is 11.6 Å². The lowest BCUT2D eigenvalue weighted by Crippen LogP contribution is -2.37. The summed E-state index contributed by atoms with van der Waals surface area (Å²) >= 11 is 4.77. The van der Waals surface area contributed by atoms with E-state index < -0.39 is 23.4 Å². The molecule has 7 heteroatoms. The monoisotopic (exact) mass is 284 g/mol. The van der Waals surface area contributed by atoms with Crippen molar-refractivity contribution in [3.63, 3.8) is 0 Å². The molecule has 100 valence electrons. The molecule has 19 heavy (non-hydrogen) atoms. The Hall–Kier alpha value is -1.89. The maximum atomic E-state index is 13.1. The average Bonchev–Trinajstić information content (AvgIpc) is 2.55. The van der Waals surface area contributed by atoms with E-state index in [1.54, 1.807) is 6.92 Å². The van der Waals surface area contributed by atoms with Gasteiger partial charge in [-0.1, -0.05) is 19.1 Å². The smallest absolute Gasteiger partial charge is 0.261 e. The van der Waals surface area contributed by atoms with E-state index in [9.17, 15) is 18.4 Å². The number of imide groups is 1. The first kappa shape index (κ1) is 13.5. The highest BCUT2D eigenvalue weighted by Gasteiger charge is 2.37. The van der Waals surface area contributed by atoms with Crippen LogP contribution in [0.2, 0.25) is 0 Å². The van der Waals surface area contributed by atoms with Gasteiger partial charge in [-0.3, -0.25) is 14.5 Å². The minimum Gasteiger partial charge on any atom is -0.393 e. The second-order valence-corrected chi connectivity index (χ2v) is 4.81. The highest BCUT2D eigenvalue weighted by atomic mass is 32.1. The molecule has 0 aliphatic carbocycles. The fraction of sp³-hybridized carbons (Fsp3) is 0.250. The van der Waals surface area contributed by atoms with Gasteiger partial charge in [0, 0.05) is 12.5 Å². The minimum atomic E-state index is -1.16. The number of halogens is 2. The van der Waals surface area contributed by atoms with Gasteiger partial charge in [-0.25, -0.2) is 8.78 Å². The summed E-state index contributed by atoms with van der Waals surface area (Å²) in [6.45, 7) is 1.65. The van der Waals surface area contributed by atoms with Crippen LogP contribution in [0.1, 0.15) is 27.6 Å². The summed E-state index contributed by atoms with van der Waals surface area (Å²) in [5, 5.41) is 0. The summed E-state index contributed by atoms with van der Waals surface area (Å²) in [6, 6.07) is 1.46. The molecule has 2 rings (SSSR count). The van der Waals surface area contributed by atoms with Crippen LogP contribution in [0.3, 0.4) is 0 Å². The molecular formula is C12H10F2N2O2S. The van der Waals surface area contributed by atoms with E-state index >= 15 is 0 Å². The highest BCUT2D eigenvalue weighted by Crippen LogP contribution is 2.26. The third-order valence-corrected chi connectivity index (χ3v) is 3.36. The summed E-state index contributed by atoms with van der Waals surface area (Å²) in [5.74, 6) is -4.02. The number of carbonyl (C=O) groups is 2. The third-order valence-electron chi connectivity index (χ3n) is 2.95. The van der Waals surface area contributed by atoms with Gasteiger partial charge < -0.3 is 5.73 Å². The molecule has 1 aliphatic rings. The molecule has 0 radical (unpaired) electrons. The van der Waals surface area contributed by atoms with E-state index in [0.717, 1.165) is 17.0 Å². The lowest BCUT2D eigenvalue weighted by Gasteiger charge is -2.18. The number of nitrogens with two attached hydrogens (primary N) is 1. The first-order valence-electron chi connectivity index (χ1n) is 5.47. The van der Waals surface area contributed by atoms with E-state index in [-0.39, 0.29) is 28.6 Å². The standard InChI is InChI=1S/C12H10F2N2O2S/c1-5(10(15)19)4-16-11(17)6-2-8(13)9(14)3-7(6)12(16)18/h2-3,5H,4H2,1H3,(H2,15,19). The Balaban J connectivity index is 2.37. The van der Waals surface area contributed by atoms with Crippen LogP contribution in [0.15, 0.2) is 12.1 Å². The number of benzene rings is 1. The highest BCUT2D eigenvalue weighted by molar-refractivity contribution is 7.80. The number of rotatable bonds is 3. The van der Waals surface area contributed by atoms with Crippen molar-refractivity contribution in [2.24, 2.45) is 11.7 Å². The second kappa shape index (κ2) is 4.65. The molecule has 1 heterocycles. The van der Waals surface area contributed by atoms with Crippen molar-refractivity contribution in [2.75, 3.05) is 6.54 Å². The molecular weight excluding hydrogens is 274 g/mol. The van der Waals surface area contributed by atoms with Gasteiger partial charge in [0.25, 0.3) is 11.8 Å². The largest absolute Gasteiger partial charge is 0.393 e. The number of amides is 2. The minimum absolute atomic E-state index is 0.00901. The van der Waals surface area contributed by atoms with Crippen molar-refractivity contribution < 1.29 is 18.4 Å². The molecule has 1 atom stereocenters. The number of nitrogens with zero attached hydrogens (tertiary/aromatic N) is 1. The molecule has 1 aliphatic heterocycles. The van der Waals surface area contributed by atoms with Crippen molar-refractivity contribution in [1.29, 1.82) is 0 Å². The van der Waals surface area contributed by atoms with Gasteiger partial charge in [0.05, 0.1) is 16.1 Å². The Labute approximate surface area is 113 Å². The number of fused-ring (bicyclic) bond motifs is 1. The van der Waals surface area contributed by atoms with Crippen LogP contribution < -0.4 is 5.73 Å². The van der Waals surface area contributed by atoms with Crippen LogP contribution in [0.5, 0.6) is 0 Å². The maximum Gasteiger partial charge on any atom is 0.261 e. The predicted molar refractivity (Wildman–Crippen MR) is 67.7 cm³/mol. The van der Waals surface area contributed by atoms with Crippen molar-refractivity contribution >= 4 is 29.0 Å². The zero-order chi connectivity index (χ0) is 14.3. The number of hydrogen-bond donors (Lipinski definition) is 1. The normalized spacial score (nSPS) is 15.6. The maximum absolute atomic E-state index is 13.1. The van der Waals surface area contributed by atoms with Gasteiger partial charge in [0.2, 0.25) is 0 Å². The Bertz CT molecular complexity index is 563. The Morgan fingerprint density at radius 1 is 1.26 bits per heavy atom. The van der Waals surface area contributed by atoms with Crippen molar-refractivity contribution in [1.82, 2.24) is 4.90 Å². The van der Waals surface area contributed by atoms with Crippen molar-refractivity contribution in [3.8, 4) is 0 Å². The molecule has 1 aromatic rings. The molecule has 4 nitrogen and oxygen atoms in total. The summed E-state index contributed by atoms with van der Waals surface area (Å²) in [7, 11) is 0. The topological polar surface area (TPSA) is 63.4 Å². The van der Waals surface area contributed by atoms with E-state index in [1.807, 2.05) is 0 Å². The van der Waals surface area contributed by atoms with Crippen LogP contribution >= 0.6 is 12.2 Å². The summed E-state index contributed by atoms with van der Waals surface area (Å²) in [6.07, 6.45) is 0. The molecule has 0 saturated carbocycles. The molecule has 0 saturated heterocycles. The lowest BCUT2D eigenvalue weighted by molar-refractivity contribution is 0.0645. The number of hydrogen-bond acceptors (Lipinski definition) is 3. The van der Waals surface area contributed by atoms with E-state index in [4.69, 9.17) is 18.0 Å². The van der Waals surface area contributed by atoms with Crippen LogP contribution in [0.4, 0.5) is 8.78 Å². The fourth-order valence-electron chi connectivity index (χ4n) is 1.81. The third kappa shape index (κ3) is 2.21. The molecule has 1 unspecified atom stereocenters. The molecule has 2 amide bonds. The number of thiocarbonyl (C=S) groups is 1. The van der Waals surface area contributed by atoms with Gasteiger partial charge in [-0.2, -0.15) is 0 Å². The van der Waals surface area contributed by atoms with E-state index in [0.29, 0.717) is 0 Å². The summed E-state index contributed by atoms with van der Waals surface area (Å²) in [5.41, 5.74) is 5.14. The van der Waals surface area contributed by atoms with Crippen LogP contribution in [0.25, 0.3) is 0 Å².